The van der Waals surface area contributed by atoms with Crippen LogP contribution in [0.4, 0.5) is 0 Å². The minimum Gasteiger partial charge on any atom is -0.358 e. The lowest BCUT2D eigenvalue weighted by Gasteiger charge is -2.31. The normalized spacial score (nSPS) is 17.5. The Hall–Kier alpha value is -0.990. The number of rotatable bonds is 2. The molecule has 3 N–H and O–H groups in total. The summed E-state index contributed by atoms with van der Waals surface area (Å²) in [5.41, 5.74) is 10.2. The predicted octanol–water partition coefficient (Wildman–Crippen LogP) is 3.70. The van der Waals surface area contributed by atoms with Crippen molar-refractivity contribution in [3.63, 3.8) is 0 Å². The van der Waals surface area contributed by atoms with Crippen LogP contribution in [0, 0.1) is 12.8 Å². The van der Waals surface area contributed by atoms with Crippen LogP contribution in [0.5, 0.6) is 0 Å². The number of fused-ring (bicyclic) bond motifs is 1. The Morgan fingerprint density at radius 2 is 2.00 bits per heavy atom. The first kappa shape index (κ1) is 12.5. The van der Waals surface area contributed by atoms with Gasteiger partial charge in [-0.05, 0) is 37.3 Å². The molecule has 1 aromatic carbocycles. The second-order valence-corrected chi connectivity index (χ2v) is 4.93. The molecular weight excluding hydrogens is 232 g/mol. The number of aromatic nitrogens is 1. The van der Waals surface area contributed by atoms with Crippen molar-refractivity contribution in [3.8, 4) is 0 Å². The molecule has 0 amide bonds. The van der Waals surface area contributed by atoms with E-state index in [1.54, 1.807) is 0 Å². The van der Waals surface area contributed by atoms with Crippen molar-refractivity contribution in [2.75, 3.05) is 0 Å². The van der Waals surface area contributed by atoms with Crippen molar-refractivity contribution in [3.05, 3.63) is 35.5 Å². The van der Waals surface area contributed by atoms with Crippen LogP contribution >= 0.6 is 12.4 Å². The fourth-order valence-electron chi connectivity index (χ4n) is 2.76. The fourth-order valence-corrected chi connectivity index (χ4v) is 2.76. The Labute approximate surface area is 108 Å². The smallest absolute Gasteiger partial charge is 0.0459 e. The number of para-hydroxylation sites is 1. The van der Waals surface area contributed by atoms with Crippen LogP contribution in [-0.2, 0) is 0 Å². The molecule has 0 unspecified atom stereocenters. The highest BCUT2D eigenvalue weighted by Crippen LogP contribution is 2.39. The molecule has 3 heteroatoms. The van der Waals surface area contributed by atoms with Gasteiger partial charge in [-0.15, -0.1) is 12.4 Å². The van der Waals surface area contributed by atoms with Gasteiger partial charge in [0.15, 0.2) is 0 Å². The number of aromatic amines is 1. The number of hydrogen-bond acceptors (Lipinski definition) is 1. The monoisotopic (exact) mass is 250 g/mol. The molecule has 1 heterocycles. The number of benzene rings is 1. The molecule has 1 aliphatic rings. The Morgan fingerprint density at radius 1 is 1.29 bits per heavy atom. The first-order valence-corrected chi connectivity index (χ1v) is 6.10. The Morgan fingerprint density at radius 3 is 2.65 bits per heavy atom. The lowest BCUT2D eigenvalue weighted by Crippen LogP contribution is -2.27. The first-order chi connectivity index (χ1) is 7.77. The summed E-state index contributed by atoms with van der Waals surface area (Å²) >= 11 is 0. The van der Waals surface area contributed by atoms with Gasteiger partial charge in [-0.25, -0.2) is 0 Å². The van der Waals surface area contributed by atoms with E-state index in [1.807, 2.05) is 0 Å². The zero-order chi connectivity index (χ0) is 11.1. The summed E-state index contributed by atoms with van der Waals surface area (Å²) in [6, 6.07) is 8.67. The number of aryl methyl sites for hydroxylation is 1. The molecule has 0 radical (unpaired) electrons. The average Bonchev–Trinajstić information content (AvgIpc) is 2.50. The van der Waals surface area contributed by atoms with Gasteiger partial charge in [0.05, 0.1) is 0 Å². The maximum atomic E-state index is 6.39. The standard InChI is InChI=1S/C14H18N2.ClH/c1-9-13(14(15)10-5-4-6-10)11-7-2-3-8-12(11)16-9;/h2-3,7-8,10,14,16H,4-6,15H2,1H3;1H/t14-;/m0./s1. The molecule has 0 saturated heterocycles. The van der Waals surface area contributed by atoms with Crippen molar-refractivity contribution in [1.82, 2.24) is 4.98 Å². The summed E-state index contributed by atoms with van der Waals surface area (Å²) in [5, 5.41) is 1.31. The van der Waals surface area contributed by atoms with Gasteiger partial charge in [-0.1, -0.05) is 24.6 Å². The topological polar surface area (TPSA) is 41.8 Å². The highest BCUT2D eigenvalue weighted by atomic mass is 35.5. The lowest BCUT2D eigenvalue weighted by molar-refractivity contribution is 0.265. The summed E-state index contributed by atoms with van der Waals surface area (Å²) in [4.78, 5) is 3.43. The average molecular weight is 251 g/mol. The fraction of sp³-hybridized carbons (Fsp3) is 0.429. The summed E-state index contributed by atoms with van der Waals surface area (Å²) in [6.07, 6.45) is 3.93. The molecule has 0 bridgehead atoms. The molecule has 1 fully saturated rings. The van der Waals surface area contributed by atoms with Crippen LogP contribution in [0.2, 0.25) is 0 Å². The van der Waals surface area contributed by atoms with Crippen molar-refractivity contribution >= 4 is 23.3 Å². The number of hydrogen-bond donors (Lipinski definition) is 2. The van der Waals surface area contributed by atoms with Crippen LogP contribution in [0.1, 0.15) is 36.6 Å². The molecule has 0 aliphatic heterocycles. The SMILES string of the molecule is Cc1[nH]c2ccccc2c1[C@@H](N)C1CCC1.Cl. The minimum absolute atomic E-state index is 0. The van der Waals surface area contributed by atoms with E-state index >= 15 is 0 Å². The second kappa shape index (κ2) is 4.71. The molecule has 3 rings (SSSR count). The molecule has 2 nitrogen and oxygen atoms in total. The van der Waals surface area contributed by atoms with Crippen LogP contribution in [0.25, 0.3) is 10.9 Å². The van der Waals surface area contributed by atoms with Crippen LogP contribution in [0.15, 0.2) is 24.3 Å². The molecule has 1 aliphatic carbocycles. The minimum atomic E-state index is 0. The van der Waals surface area contributed by atoms with Gasteiger partial charge in [0.2, 0.25) is 0 Å². The number of halogens is 1. The van der Waals surface area contributed by atoms with Gasteiger partial charge in [-0.3, -0.25) is 0 Å². The number of nitrogens with two attached hydrogens (primary N) is 1. The first-order valence-electron chi connectivity index (χ1n) is 6.10. The maximum Gasteiger partial charge on any atom is 0.0459 e. The Balaban J connectivity index is 0.00000108. The summed E-state index contributed by atoms with van der Waals surface area (Å²) in [5.74, 6) is 0.693. The second-order valence-electron chi connectivity index (χ2n) is 4.93. The molecule has 1 saturated carbocycles. The van der Waals surface area contributed by atoms with E-state index in [0.29, 0.717) is 5.92 Å². The van der Waals surface area contributed by atoms with Crippen molar-refractivity contribution in [2.24, 2.45) is 11.7 Å². The van der Waals surface area contributed by atoms with Crippen LogP contribution < -0.4 is 5.73 Å². The zero-order valence-corrected chi connectivity index (χ0v) is 10.9. The summed E-state index contributed by atoms with van der Waals surface area (Å²) in [7, 11) is 0. The van der Waals surface area contributed by atoms with Crippen LogP contribution in [-0.4, -0.2) is 4.98 Å². The van der Waals surface area contributed by atoms with E-state index < -0.39 is 0 Å². The number of nitrogens with one attached hydrogen (secondary N) is 1. The quantitative estimate of drug-likeness (QED) is 0.839. The highest BCUT2D eigenvalue weighted by Gasteiger charge is 2.28. The van der Waals surface area contributed by atoms with Crippen molar-refractivity contribution in [2.45, 2.75) is 32.2 Å². The molecule has 1 atom stereocenters. The van der Waals surface area contributed by atoms with E-state index in [4.69, 9.17) is 5.73 Å². The maximum absolute atomic E-state index is 6.39. The van der Waals surface area contributed by atoms with Gasteiger partial charge in [0.1, 0.15) is 0 Å². The summed E-state index contributed by atoms with van der Waals surface area (Å²) < 4.78 is 0. The van der Waals surface area contributed by atoms with Gasteiger partial charge in [0, 0.05) is 22.6 Å². The molecule has 0 spiro atoms. The molecule has 17 heavy (non-hydrogen) atoms. The van der Waals surface area contributed by atoms with Crippen LogP contribution in [0.3, 0.4) is 0 Å². The Bertz CT molecular complexity index is 514. The predicted molar refractivity (Wildman–Crippen MR) is 74.6 cm³/mol. The van der Waals surface area contributed by atoms with E-state index in [2.05, 4.69) is 36.2 Å². The Kier molecular flexibility index (Phi) is 3.45. The van der Waals surface area contributed by atoms with E-state index in [1.165, 1.54) is 41.4 Å². The molecule has 92 valence electrons. The van der Waals surface area contributed by atoms with E-state index in [9.17, 15) is 0 Å². The van der Waals surface area contributed by atoms with Gasteiger partial charge < -0.3 is 10.7 Å². The van der Waals surface area contributed by atoms with E-state index in [0.717, 1.165) is 0 Å². The molecular formula is C14H19ClN2. The number of H-pyrrole nitrogens is 1. The van der Waals surface area contributed by atoms with Crippen molar-refractivity contribution < 1.29 is 0 Å². The third-order valence-corrected chi connectivity index (χ3v) is 3.93. The van der Waals surface area contributed by atoms with E-state index in [-0.39, 0.29) is 18.4 Å². The summed E-state index contributed by atoms with van der Waals surface area (Å²) in [6.45, 7) is 2.13. The molecule has 1 aromatic heterocycles. The van der Waals surface area contributed by atoms with Gasteiger partial charge in [0.25, 0.3) is 0 Å². The lowest BCUT2D eigenvalue weighted by atomic mass is 9.77. The highest BCUT2D eigenvalue weighted by molar-refractivity contribution is 5.85. The third-order valence-electron chi connectivity index (χ3n) is 3.93. The molecule has 2 aromatic rings. The van der Waals surface area contributed by atoms with Crippen molar-refractivity contribution in [1.29, 1.82) is 0 Å². The zero-order valence-electron chi connectivity index (χ0n) is 10.1. The van der Waals surface area contributed by atoms with Gasteiger partial charge >= 0.3 is 0 Å². The largest absolute Gasteiger partial charge is 0.358 e. The third kappa shape index (κ3) is 1.96. The van der Waals surface area contributed by atoms with Gasteiger partial charge in [-0.2, -0.15) is 0 Å².